The van der Waals surface area contributed by atoms with Gasteiger partial charge in [-0.05, 0) is 61.0 Å². The van der Waals surface area contributed by atoms with Crippen LogP contribution in [0.3, 0.4) is 0 Å². The van der Waals surface area contributed by atoms with Crippen LogP contribution in [0.5, 0.6) is 11.5 Å². The first-order chi connectivity index (χ1) is 16.4. The van der Waals surface area contributed by atoms with Gasteiger partial charge < -0.3 is 19.1 Å². The maximum absolute atomic E-state index is 11.8. The zero-order chi connectivity index (χ0) is 24.1. The molecule has 3 atom stereocenters. The first kappa shape index (κ1) is 24.6. The third kappa shape index (κ3) is 6.34. The van der Waals surface area contributed by atoms with Crippen molar-refractivity contribution in [3.63, 3.8) is 0 Å². The Bertz CT molecular complexity index is 1050. The number of hydrogen-bond acceptors (Lipinski definition) is 7. The second kappa shape index (κ2) is 11.3. The predicted molar refractivity (Wildman–Crippen MR) is 136 cm³/mol. The Morgan fingerprint density at radius 1 is 1.21 bits per heavy atom. The molecule has 7 nitrogen and oxygen atoms in total. The van der Waals surface area contributed by atoms with Crippen molar-refractivity contribution >= 4 is 51.9 Å². The van der Waals surface area contributed by atoms with Crippen molar-refractivity contribution in [2.24, 2.45) is 0 Å². The highest BCUT2D eigenvalue weighted by Crippen LogP contribution is 2.25. The summed E-state index contributed by atoms with van der Waals surface area (Å²) in [5.41, 5.74) is 0.971. The highest BCUT2D eigenvalue weighted by atomic mass is 35.5. The number of halogens is 1. The lowest BCUT2D eigenvalue weighted by molar-refractivity contribution is -0.118. The van der Waals surface area contributed by atoms with E-state index in [1.165, 1.54) is 0 Å². The van der Waals surface area contributed by atoms with Crippen LogP contribution in [-0.4, -0.2) is 58.4 Å². The molecule has 2 amide bonds. The van der Waals surface area contributed by atoms with Crippen LogP contribution in [0.2, 0.25) is 5.02 Å². The van der Waals surface area contributed by atoms with Crippen molar-refractivity contribution in [1.82, 2.24) is 10.2 Å². The Balaban J connectivity index is 1.26. The number of nitrogens with one attached hydrogen (secondary N) is 1. The summed E-state index contributed by atoms with van der Waals surface area (Å²) in [6, 6.07) is 14.9. The van der Waals surface area contributed by atoms with Crippen LogP contribution in [0, 0.1) is 0 Å². The molecule has 10 heteroatoms. The lowest BCUT2D eigenvalue weighted by Gasteiger charge is -2.26. The van der Waals surface area contributed by atoms with E-state index in [2.05, 4.69) is 12.2 Å². The number of nitrogens with zero attached hydrogens (tertiary/aromatic N) is 1. The van der Waals surface area contributed by atoms with Gasteiger partial charge in [-0.25, -0.2) is 0 Å². The van der Waals surface area contributed by atoms with E-state index in [0.29, 0.717) is 42.1 Å². The zero-order valence-electron chi connectivity index (χ0n) is 18.6. The van der Waals surface area contributed by atoms with Gasteiger partial charge in [0.15, 0.2) is 6.10 Å². The average Bonchev–Trinajstić information content (AvgIpc) is 3.34. The molecule has 0 spiro atoms. The van der Waals surface area contributed by atoms with Gasteiger partial charge in [0.1, 0.15) is 24.7 Å². The molecule has 1 N–H and O–H groups in total. The molecule has 0 bridgehead atoms. The molecular formula is C24H25ClN2O5S2. The lowest BCUT2D eigenvalue weighted by Crippen LogP contribution is -2.40. The molecule has 2 fully saturated rings. The van der Waals surface area contributed by atoms with Gasteiger partial charge in [0.05, 0.1) is 17.8 Å². The number of carbonyl (C=O) groups is 2. The minimum Gasteiger partial charge on any atom is -0.491 e. The second-order valence-electron chi connectivity index (χ2n) is 8.03. The number of hydrogen-bond donors (Lipinski definition) is 1. The van der Waals surface area contributed by atoms with E-state index in [1.54, 1.807) is 12.1 Å². The third-order valence-electron chi connectivity index (χ3n) is 5.60. The molecule has 34 heavy (non-hydrogen) atoms. The maximum Gasteiger partial charge on any atom is 0.286 e. The summed E-state index contributed by atoms with van der Waals surface area (Å²) in [6.45, 7) is 3.54. The number of thioether (sulfide) groups is 1. The Kier molecular flexibility index (Phi) is 8.18. The standard InChI is InChI=1S/C24H25ClN2O5S2/c1-2-17(27-12-20(32-24(27)33)14-31-19-5-3-4-16(25)11-19)13-30-18-8-6-15(7-9-18)10-21-22(28)26-23(29)34-21/h3-9,11,17,20-21H,2,10,12-14H2,1H3,(H,26,28,29). The highest BCUT2D eigenvalue weighted by molar-refractivity contribution is 8.15. The smallest absolute Gasteiger partial charge is 0.286 e. The summed E-state index contributed by atoms with van der Waals surface area (Å²) in [5.74, 6) is 1.19. The summed E-state index contributed by atoms with van der Waals surface area (Å²) in [5, 5.41) is 2.72. The summed E-state index contributed by atoms with van der Waals surface area (Å²) >= 11 is 12.5. The number of amides is 2. The molecule has 2 saturated heterocycles. The van der Waals surface area contributed by atoms with Gasteiger partial charge in [0.2, 0.25) is 5.91 Å². The van der Waals surface area contributed by atoms with Crippen LogP contribution in [0.1, 0.15) is 18.9 Å². The van der Waals surface area contributed by atoms with Gasteiger partial charge in [-0.3, -0.25) is 14.9 Å². The van der Waals surface area contributed by atoms with Crippen molar-refractivity contribution in [3.05, 3.63) is 59.1 Å². The summed E-state index contributed by atoms with van der Waals surface area (Å²) in [6.07, 6.45) is 1.17. The molecule has 0 aliphatic carbocycles. The SMILES string of the molecule is CCC(COc1ccc(CC2SC(=O)NC2=O)cc1)N1CC(COc2cccc(Cl)c2)OC1=S. The number of imide groups is 1. The molecule has 2 aliphatic rings. The van der Waals surface area contributed by atoms with Gasteiger partial charge in [-0.2, -0.15) is 0 Å². The van der Waals surface area contributed by atoms with E-state index < -0.39 is 0 Å². The van der Waals surface area contributed by atoms with Crippen LogP contribution in [-0.2, 0) is 16.0 Å². The molecular weight excluding hydrogens is 496 g/mol. The van der Waals surface area contributed by atoms with Crippen molar-refractivity contribution in [2.45, 2.75) is 37.2 Å². The molecule has 2 heterocycles. The van der Waals surface area contributed by atoms with Gasteiger partial charge in [-0.15, -0.1) is 0 Å². The van der Waals surface area contributed by atoms with Crippen LogP contribution >= 0.6 is 35.6 Å². The number of benzene rings is 2. The monoisotopic (exact) mass is 520 g/mol. The zero-order valence-corrected chi connectivity index (χ0v) is 21.0. The van der Waals surface area contributed by atoms with Gasteiger partial charge in [-0.1, -0.05) is 48.5 Å². The summed E-state index contributed by atoms with van der Waals surface area (Å²) < 4.78 is 17.7. The van der Waals surface area contributed by atoms with Gasteiger partial charge in [0, 0.05) is 5.02 Å². The Morgan fingerprint density at radius 3 is 2.68 bits per heavy atom. The summed E-state index contributed by atoms with van der Waals surface area (Å²) in [7, 11) is 0. The van der Waals surface area contributed by atoms with Crippen molar-refractivity contribution in [2.75, 3.05) is 19.8 Å². The largest absolute Gasteiger partial charge is 0.491 e. The minimum atomic E-state index is -0.379. The van der Waals surface area contributed by atoms with Crippen molar-refractivity contribution < 1.29 is 23.8 Å². The minimum absolute atomic E-state index is 0.0629. The first-order valence-corrected chi connectivity index (χ1v) is 12.7. The number of thiocarbonyl (C=S) groups is 1. The van der Waals surface area contributed by atoms with Crippen LogP contribution in [0.25, 0.3) is 0 Å². The fraction of sp³-hybridized carbons (Fsp3) is 0.375. The van der Waals surface area contributed by atoms with E-state index in [1.807, 2.05) is 41.3 Å². The van der Waals surface area contributed by atoms with E-state index in [4.69, 9.17) is 38.0 Å². The lowest BCUT2D eigenvalue weighted by atomic mass is 10.1. The predicted octanol–water partition coefficient (Wildman–Crippen LogP) is 4.46. The molecule has 2 aromatic rings. The summed E-state index contributed by atoms with van der Waals surface area (Å²) in [4.78, 5) is 25.1. The van der Waals surface area contributed by atoms with Crippen molar-refractivity contribution in [1.29, 1.82) is 0 Å². The molecule has 3 unspecified atom stereocenters. The molecule has 0 aromatic heterocycles. The Morgan fingerprint density at radius 2 is 2.00 bits per heavy atom. The molecule has 2 aromatic carbocycles. The van der Waals surface area contributed by atoms with Crippen molar-refractivity contribution in [3.8, 4) is 11.5 Å². The third-order valence-corrected chi connectivity index (χ3v) is 7.15. The Hall–Kier alpha value is -2.49. The Labute approximate surface area is 213 Å². The topological polar surface area (TPSA) is 77.1 Å². The van der Waals surface area contributed by atoms with E-state index >= 15 is 0 Å². The average molecular weight is 521 g/mol. The molecule has 0 radical (unpaired) electrons. The fourth-order valence-electron chi connectivity index (χ4n) is 3.76. The molecule has 0 saturated carbocycles. The van der Waals surface area contributed by atoms with Crippen LogP contribution in [0.15, 0.2) is 48.5 Å². The number of carbonyl (C=O) groups excluding carboxylic acids is 2. The quantitative estimate of drug-likeness (QED) is 0.460. The van der Waals surface area contributed by atoms with E-state index in [9.17, 15) is 9.59 Å². The first-order valence-electron chi connectivity index (χ1n) is 11.0. The highest BCUT2D eigenvalue weighted by Gasteiger charge is 2.34. The number of rotatable bonds is 10. The van der Waals surface area contributed by atoms with E-state index in [0.717, 1.165) is 29.5 Å². The molecule has 2 aliphatic heterocycles. The molecule has 4 rings (SSSR count). The van der Waals surface area contributed by atoms with Crippen LogP contribution < -0.4 is 14.8 Å². The van der Waals surface area contributed by atoms with Gasteiger partial charge in [0.25, 0.3) is 10.4 Å². The van der Waals surface area contributed by atoms with E-state index in [-0.39, 0.29) is 28.5 Å². The second-order valence-corrected chi connectivity index (χ2v) is 9.99. The maximum atomic E-state index is 11.8. The fourth-order valence-corrected chi connectivity index (χ4v) is 5.16. The van der Waals surface area contributed by atoms with Gasteiger partial charge >= 0.3 is 0 Å². The molecule has 180 valence electrons. The number of ether oxygens (including phenoxy) is 3. The normalized spacial score (nSPS) is 20.8. The van der Waals surface area contributed by atoms with Crippen LogP contribution in [0.4, 0.5) is 4.79 Å².